The highest BCUT2D eigenvalue weighted by atomic mass is 16.5. The van der Waals surface area contributed by atoms with E-state index in [2.05, 4.69) is 20.2 Å². The van der Waals surface area contributed by atoms with Gasteiger partial charge in [0, 0.05) is 31.7 Å². The van der Waals surface area contributed by atoms with E-state index < -0.39 is 0 Å². The number of pyridine rings is 1. The normalized spacial score (nSPS) is 11.5. The summed E-state index contributed by atoms with van der Waals surface area (Å²) >= 11 is 0. The summed E-state index contributed by atoms with van der Waals surface area (Å²) < 4.78 is 10.0. The minimum absolute atomic E-state index is 0.220. The summed E-state index contributed by atoms with van der Waals surface area (Å²) in [5.41, 5.74) is 8.26. The van der Waals surface area contributed by atoms with Gasteiger partial charge in [0.2, 0.25) is 5.82 Å². The molecule has 1 N–H and O–H groups in total. The number of rotatable bonds is 6. The lowest BCUT2D eigenvalue weighted by Crippen LogP contribution is -1.87. The summed E-state index contributed by atoms with van der Waals surface area (Å²) in [7, 11) is 1.61. The lowest BCUT2D eigenvalue weighted by Gasteiger charge is -1.94. The third-order valence-electron chi connectivity index (χ3n) is 2.36. The first-order valence-electron chi connectivity index (χ1n) is 5.66. The van der Waals surface area contributed by atoms with Gasteiger partial charge in [-0.1, -0.05) is 5.16 Å². The van der Waals surface area contributed by atoms with Crippen molar-refractivity contribution >= 4 is 5.70 Å². The molecule has 2 rings (SSSR count). The van der Waals surface area contributed by atoms with Crippen molar-refractivity contribution in [2.75, 3.05) is 13.7 Å². The fourth-order valence-corrected chi connectivity index (χ4v) is 1.44. The SMILES string of the molecule is COCC/C=C(/N=N)c1nc(-c2ccncc2)no1. The molecule has 0 spiro atoms. The predicted molar refractivity (Wildman–Crippen MR) is 67.1 cm³/mol. The molecular formula is C12H13N5O2. The number of nitrogens with one attached hydrogen (secondary N) is 1. The molecule has 0 saturated carbocycles. The van der Waals surface area contributed by atoms with Crippen molar-refractivity contribution in [1.82, 2.24) is 15.1 Å². The standard InChI is InChI=1S/C12H13N5O2/c1-18-8-2-3-10(16-13)12-15-11(17-19-12)9-4-6-14-7-5-9/h3-7,13H,2,8H2,1H3/b10-3+,16-13?. The number of nitrogens with zero attached hydrogens (tertiary/aromatic N) is 4. The largest absolute Gasteiger partial charge is 0.384 e. The van der Waals surface area contributed by atoms with E-state index in [1.807, 2.05) is 0 Å². The molecule has 2 aromatic rings. The van der Waals surface area contributed by atoms with Crippen LogP contribution in [-0.4, -0.2) is 28.8 Å². The Balaban J connectivity index is 2.20. The van der Waals surface area contributed by atoms with Gasteiger partial charge in [-0.2, -0.15) is 10.1 Å². The van der Waals surface area contributed by atoms with Crippen molar-refractivity contribution in [3.05, 3.63) is 36.5 Å². The monoisotopic (exact) mass is 259 g/mol. The maximum absolute atomic E-state index is 7.12. The van der Waals surface area contributed by atoms with Gasteiger partial charge in [-0.15, -0.1) is 0 Å². The van der Waals surface area contributed by atoms with Crippen LogP contribution >= 0.6 is 0 Å². The molecule has 7 heteroatoms. The van der Waals surface area contributed by atoms with E-state index in [9.17, 15) is 0 Å². The Labute approximate surface area is 109 Å². The van der Waals surface area contributed by atoms with Gasteiger partial charge in [-0.05, 0) is 24.6 Å². The van der Waals surface area contributed by atoms with Crippen LogP contribution in [-0.2, 0) is 4.74 Å². The molecule has 0 unspecified atom stereocenters. The number of ether oxygens (including phenoxy) is 1. The first kappa shape index (κ1) is 13.0. The minimum Gasteiger partial charge on any atom is -0.384 e. The van der Waals surface area contributed by atoms with E-state index in [1.54, 1.807) is 37.7 Å². The van der Waals surface area contributed by atoms with Crippen molar-refractivity contribution in [3.63, 3.8) is 0 Å². The molecule has 98 valence electrons. The Morgan fingerprint density at radius 2 is 2.26 bits per heavy atom. The average molecular weight is 259 g/mol. The number of hydrogen-bond donors (Lipinski definition) is 1. The van der Waals surface area contributed by atoms with E-state index in [0.717, 1.165) is 5.56 Å². The second kappa shape index (κ2) is 6.50. The fraction of sp³-hybridized carbons (Fsp3) is 0.250. The third-order valence-corrected chi connectivity index (χ3v) is 2.36. The average Bonchev–Trinajstić information content (AvgIpc) is 2.94. The van der Waals surface area contributed by atoms with Crippen LogP contribution in [0.25, 0.3) is 17.1 Å². The lowest BCUT2D eigenvalue weighted by atomic mass is 10.2. The maximum atomic E-state index is 7.12. The number of aromatic nitrogens is 3. The first-order chi connectivity index (χ1) is 9.35. The highest BCUT2D eigenvalue weighted by molar-refractivity contribution is 5.60. The molecule has 2 aromatic heterocycles. The van der Waals surface area contributed by atoms with Gasteiger partial charge in [0.1, 0.15) is 5.70 Å². The maximum Gasteiger partial charge on any atom is 0.278 e. The molecule has 0 saturated heterocycles. The number of methoxy groups -OCH3 is 1. The third kappa shape index (κ3) is 3.29. The van der Waals surface area contributed by atoms with Gasteiger partial charge >= 0.3 is 0 Å². The molecule has 0 aliphatic rings. The second-order valence-electron chi connectivity index (χ2n) is 3.64. The zero-order valence-electron chi connectivity index (χ0n) is 10.4. The second-order valence-corrected chi connectivity index (χ2v) is 3.64. The van der Waals surface area contributed by atoms with Crippen molar-refractivity contribution in [3.8, 4) is 11.4 Å². The van der Waals surface area contributed by atoms with Crippen LogP contribution < -0.4 is 0 Å². The minimum atomic E-state index is 0.220. The quantitative estimate of drug-likeness (QED) is 0.635. The summed E-state index contributed by atoms with van der Waals surface area (Å²) in [5.74, 6) is 0.664. The Bertz CT molecular complexity index is 565. The summed E-state index contributed by atoms with van der Waals surface area (Å²) in [6, 6.07) is 3.56. The highest BCUT2D eigenvalue weighted by Gasteiger charge is 2.12. The van der Waals surface area contributed by atoms with Gasteiger partial charge in [-0.25, -0.2) is 5.53 Å². The van der Waals surface area contributed by atoms with Gasteiger partial charge in [0.25, 0.3) is 5.89 Å². The van der Waals surface area contributed by atoms with Crippen molar-refractivity contribution in [2.45, 2.75) is 6.42 Å². The summed E-state index contributed by atoms with van der Waals surface area (Å²) in [6.07, 6.45) is 5.65. The molecule has 0 amide bonds. The summed E-state index contributed by atoms with van der Waals surface area (Å²) in [5, 5.41) is 7.24. The van der Waals surface area contributed by atoms with Gasteiger partial charge in [0.05, 0.1) is 0 Å². The molecule has 0 radical (unpaired) electrons. The van der Waals surface area contributed by atoms with Crippen LogP contribution in [0.5, 0.6) is 0 Å². The molecule has 7 nitrogen and oxygen atoms in total. The molecule has 0 fully saturated rings. The van der Waals surface area contributed by atoms with Crippen LogP contribution in [0.3, 0.4) is 0 Å². The van der Waals surface area contributed by atoms with Crippen molar-refractivity contribution in [2.24, 2.45) is 5.11 Å². The summed E-state index contributed by atoms with van der Waals surface area (Å²) in [4.78, 5) is 8.12. The Morgan fingerprint density at radius 1 is 1.47 bits per heavy atom. The smallest absolute Gasteiger partial charge is 0.278 e. The Hall–Kier alpha value is -2.41. The van der Waals surface area contributed by atoms with Crippen LogP contribution in [0.4, 0.5) is 0 Å². The highest BCUT2D eigenvalue weighted by Crippen LogP contribution is 2.19. The molecule has 2 heterocycles. The van der Waals surface area contributed by atoms with Crippen LogP contribution in [0, 0.1) is 5.53 Å². The van der Waals surface area contributed by atoms with E-state index in [4.69, 9.17) is 14.8 Å². The van der Waals surface area contributed by atoms with E-state index in [0.29, 0.717) is 24.5 Å². The van der Waals surface area contributed by atoms with Crippen LogP contribution in [0.1, 0.15) is 12.3 Å². The van der Waals surface area contributed by atoms with Crippen molar-refractivity contribution in [1.29, 1.82) is 5.53 Å². The molecule has 0 aliphatic heterocycles. The predicted octanol–water partition coefficient (Wildman–Crippen LogP) is 2.54. The molecule has 0 aromatic carbocycles. The van der Waals surface area contributed by atoms with E-state index in [-0.39, 0.29) is 5.89 Å². The van der Waals surface area contributed by atoms with Crippen LogP contribution in [0.15, 0.2) is 40.2 Å². The zero-order valence-corrected chi connectivity index (χ0v) is 10.4. The van der Waals surface area contributed by atoms with E-state index in [1.165, 1.54) is 0 Å². The zero-order chi connectivity index (χ0) is 13.5. The topological polar surface area (TPSA) is 97.2 Å². The van der Waals surface area contributed by atoms with Crippen molar-refractivity contribution < 1.29 is 9.26 Å². The lowest BCUT2D eigenvalue weighted by molar-refractivity contribution is 0.204. The van der Waals surface area contributed by atoms with Gasteiger partial charge in [-0.3, -0.25) is 4.98 Å². The molecule has 19 heavy (non-hydrogen) atoms. The molecule has 0 aliphatic carbocycles. The fourth-order valence-electron chi connectivity index (χ4n) is 1.44. The Kier molecular flexibility index (Phi) is 4.46. The van der Waals surface area contributed by atoms with Gasteiger partial charge < -0.3 is 9.26 Å². The number of hydrogen-bond acceptors (Lipinski definition) is 7. The molecule has 0 bridgehead atoms. The summed E-state index contributed by atoms with van der Waals surface area (Å²) in [6.45, 7) is 0.546. The van der Waals surface area contributed by atoms with E-state index >= 15 is 0 Å². The van der Waals surface area contributed by atoms with Crippen LogP contribution in [0.2, 0.25) is 0 Å². The first-order valence-corrected chi connectivity index (χ1v) is 5.66. The molecule has 0 atom stereocenters. The Morgan fingerprint density at radius 3 is 2.95 bits per heavy atom. The molecular weight excluding hydrogens is 246 g/mol. The van der Waals surface area contributed by atoms with Gasteiger partial charge in [0.15, 0.2) is 0 Å².